The van der Waals surface area contributed by atoms with Gasteiger partial charge in [-0.3, -0.25) is 0 Å². The van der Waals surface area contributed by atoms with Gasteiger partial charge in [-0.2, -0.15) is 9.65 Å². The van der Waals surface area contributed by atoms with Gasteiger partial charge in [-0.25, -0.2) is 0 Å². The van der Waals surface area contributed by atoms with Crippen LogP contribution < -0.4 is 5.73 Å². The normalized spacial score (nSPS) is 12.5. The molecule has 1 atom stereocenters. The van der Waals surface area contributed by atoms with Crippen LogP contribution in [-0.2, 0) is 0 Å². The van der Waals surface area contributed by atoms with E-state index in [9.17, 15) is 4.39 Å². The fraction of sp³-hybridized carbons (Fsp3) is 0.167. The van der Waals surface area contributed by atoms with Gasteiger partial charge >= 0.3 is 0 Å². The van der Waals surface area contributed by atoms with Crippen molar-refractivity contribution in [3.05, 3.63) is 22.1 Å². The van der Waals surface area contributed by atoms with E-state index < -0.39 is 6.04 Å². The fourth-order valence-electron chi connectivity index (χ4n) is 0.561. The van der Waals surface area contributed by atoms with Crippen LogP contribution in [0.25, 0.3) is 0 Å². The topological polar surface area (TPSA) is 49.8 Å². The van der Waals surface area contributed by atoms with Crippen LogP contribution in [0, 0.1) is 16.5 Å². The summed E-state index contributed by atoms with van der Waals surface area (Å²) in [5.41, 5.74) is 5.83. The van der Waals surface area contributed by atoms with Gasteiger partial charge in [-0.1, -0.05) is 0 Å². The van der Waals surface area contributed by atoms with Crippen molar-refractivity contribution in [2.75, 3.05) is 0 Å². The molecule has 0 aliphatic heterocycles. The van der Waals surface area contributed by atoms with Gasteiger partial charge in [0.25, 0.3) is 0 Å². The molecule has 2 N–H and O–H groups in total. The van der Waals surface area contributed by atoms with Gasteiger partial charge in [-0.05, 0) is 17.0 Å². The minimum atomic E-state index is -0.694. The monoisotopic (exact) mass is 156 g/mol. The van der Waals surface area contributed by atoms with Crippen LogP contribution in [0.5, 0.6) is 0 Å². The Balaban J connectivity index is 2.87. The van der Waals surface area contributed by atoms with Crippen molar-refractivity contribution in [3.63, 3.8) is 0 Å². The summed E-state index contributed by atoms with van der Waals surface area (Å²) < 4.78 is 12.3. The molecule has 0 amide bonds. The zero-order valence-corrected chi connectivity index (χ0v) is 5.86. The third kappa shape index (κ3) is 1.32. The standard InChI is InChI=1S/C6H5FN2S/c7-6-1-4(3-10-6)5(9)2-8/h1,3,5H,9H2. The summed E-state index contributed by atoms with van der Waals surface area (Å²) in [6, 6.07) is 2.39. The summed E-state index contributed by atoms with van der Waals surface area (Å²) in [6.07, 6.45) is 0. The maximum Gasteiger partial charge on any atom is 0.176 e. The Labute approximate surface area is 61.7 Å². The number of rotatable bonds is 1. The minimum Gasteiger partial charge on any atom is -0.312 e. The van der Waals surface area contributed by atoms with Gasteiger partial charge in [0.05, 0.1) is 6.07 Å². The Morgan fingerprint density at radius 1 is 1.80 bits per heavy atom. The van der Waals surface area contributed by atoms with Gasteiger partial charge in [0.1, 0.15) is 6.04 Å². The van der Waals surface area contributed by atoms with Crippen molar-refractivity contribution in [3.8, 4) is 6.07 Å². The van der Waals surface area contributed by atoms with Crippen LogP contribution in [0.1, 0.15) is 11.6 Å². The minimum absolute atomic E-state index is 0.305. The molecular weight excluding hydrogens is 151 g/mol. The molecule has 0 aromatic carbocycles. The third-order valence-electron chi connectivity index (χ3n) is 1.09. The molecule has 0 saturated carbocycles. The van der Waals surface area contributed by atoms with Crippen molar-refractivity contribution in [2.45, 2.75) is 6.04 Å². The molecule has 0 aliphatic rings. The van der Waals surface area contributed by atoms with E-state index in [1.54, 1.807) is 5.38 Å². The molecule has 4 heteroatoms. The maximum atomic E-state index is 12.3. The summed E-state index contributed by atoms with van der Waals surface area (Å²) in [5, 5.41) is 9.54. The highest BCUT2D eigenvalue weighted by atomic mass is 32.1. The van der Waals surface area contributed by atoms with E-state index in [1.807, 2.05) is 6.07 Å². The summed E-state index contributed by atoms with van der Waals surface area (Å²) in [6.45, 7) is 0. The molecule has 1 aromatic heterocycles. The van der Waals surface area contributed by atoms with E-state index in [2.05, 4.69) is 0 Å². The lowest BCUT2D eigenvalue weighted by molar-refractivity contribution is 0.655. The number of halogens is 1. The van der Waals surface area contributed by atoms with Crippen molar-refractivity contribution in [1.82, 2.24) is 0 Å². The second-order valence-electron chi connectivity index (χ2n) is 1.79. The van der Waals surface area contributed by atoms with Gasteiger partial charge in [0.15, 0.2) is 5.13 Å². The van der Waals surface area contributed by atoms with Gasteiger partial charge in [-0.15, -0.1) is 11.3 Å². The van der Waals surface area contributed by atoms with Gasteiger partial charge in [0.2, 0.25) is 0 Å². The first kappa shape index (κ1) is 7.19. The second kappa shape index (κ2) is 2.78. The first-order chi connectivity index (χ1) is 4.74. The molecule has 0 aliphatic carbocycles. The van der Waals surface area contributed by atoms with E-state index in [-0.39, 0.29) is 5.13 Å². The van der Waals surface area contributed by atoms with Crippen molar-refractivity contribution < 1.29 is 4.39 Å². The van der Waals surface area contributed by atoms with Crippen LogP contribution in [0.3, 0.4) is 0 Å². The van der Waals surface area contributed by atoms with E-state index >= 15 is 0 Å². The average Bonchev–Trinajstić information content (AvgIpc) is 2.34. The lowest BCUT2D eigenvalue weighted by Crippen LogP contribution is -2.05. The van der Waals surface area contributed by atoms with Crippen LogP contribution in [-0.4, -0.2) is 0 Å². The predicted molar refractivity (Wildman–Crippen MR) is 36.8 cm³/mol. The quantitative estimate of drug-likeness (QED) is 0.668. The lowest BCUT2D eigenvalue weighted by Gasteiger charge is -1.93. The van der Waals surface area contributed by atoms with Crippen molar-refractivity contribution >= 4 is 11.3 Å². The van der Waals surface area contributed by atoms with Crippen LogP contribution in [0.2, 0.25) is 0 Å². The van der Waals surface area contributed by atoms with Gasteiger partial charge in [0, 0.05) is 0 Å². The zero-order chi connectivity index (χ0) is 7.56. The molecule has 2 nitrogen and oxygen atoms in total. The number of nitriles is 1. The summed E-state index contributed by atoms with van der Waals surface area (Å²) >= 11 is 0.950. The molecule has 1 rings (SSSR count). The molecule has 10 heavy (non-hydrogen) atoms. The van der Waals surface area contributed by atoms with Crippen LogP contribution in [0.4, 0.5) is 4.39 Å². The number of hydrogen-bond acceptors (Lipinski definition) is 3. The highest BCUT2D eigenvalue weighted by molar-refractivity contribution is 7.08. The summed E-state index contributed by atoms with van der Waals surface area (Å²) in [4.78, 5) is 0. The molecule has 1 unspecified atom stereocenters. The Morgan fingerprint density at radius 2 is 2.50 bits per heavy atom. The molecule has 0 bridgehead atoms. The zero-order valence-electron chi connectivity index (χ0n) is 5.04. The molecule has 52 valence electrons. The summed E-state index contributed by atoms with van der Waals surface area (Å²) in [7, 11) is 0. The Hall–Kier alpha value is -0.920. The SMILES string of the molecule is N#CC(N)c1csc(F)c1. The lowest BCUT2D eigenvalue weighted by atomic mass is 10.2. The van der Waals surface area contributed by atoms with Crippen molar-refractivity contribution in [1.29, 1.82) is 5.26 Å². The number of hydrogen-bond donors (Lipinski definition) is 1. The Bertz CT molecular complexity index is 263. The highest BCUT2D eigenvalue weighted by Crippen LogP contribution is 2.16. The second-order valence-corrected chi connectivity index (χ2v) is 2.65. The van der Waals surface area contributed by atoms with Crippen molar-refractivity contribution in [2.24, 2.45) is 5.73 Å². The smallest absolute Gasteiger partial charge is 0.176 e. The fourth-order valence-corrected chi connectivity index (χ4v) is 1.23. The van der Waals surface area contributed by atoms with E-state index in [1.165, 1.54) is 6.07 Å². The number of nitrogens with two attached hydrogens (primary N) is 1. The highest BCUT2D eigenvalue weighted by Gasteiger charge is 2.05. The average molecular weight is 156 g/mol. The first-order valence-electron chi connectivity index (χ1n) is 2.63. The Kier molecular flexibility index (Phi) is 2.00. The molecular formula is C6H5FN2S. The molecule has 1 heterocycles. The van der Waals surface area contributed by atoms with E-state index in [0.717, 1.165) is 11.3 Å². The predicted octanol–water partition coefficient (Wildman–Crippen LogP) is 1.41. The molecule has 0 fully saturated rings. The van der Waals surface area contributed by atoms with Gasteiger partial charge < -0.3 is 5.73 Å². The molecule has 0 spiro atoms. The molecule has 1 aromatic rings. The number of thiophene rings is 1. The summed E-state index contributed by atoms with van der Waals surface area (Å²) in [5.74, 6) is 0. The van der Waals surface area contributed by atoms with E-state index in [4.69, 9.17) is 11.0 Å². The largest absolute Gasteiger partial charge is 0.312 e. The molecule has 0 saturated heterocycles. The maximum absolute atomic E-state index is 12.3. The van der Waals surface area contributed by atoms with Crippen LogP contribution >= 0.6 is 11.3 Å². The first-order valence-corrected chi connectivity index (χ1v) is 3.51. The van der Waals surface area contributed by atoms with E-state index in [0.29, 0.717) is 5.56 Å². The van der Waals surface area contributed by atoms with Crippen LogP contribution in [0.15, 0.2) is 11.4 Å². The Morgan fingerprint density at radius 3 is 2.90 bits per heavy atom. The molecule has 0 radical (unpaired) electrons. The third-order valence-corrected chi connectivity index (χ3v) is 1.82. The number of nitrogens with zero attached hydrogens (tertiary/aromatic N) is 1.